The molecule has 0 radical (unpaired) electrons. The number of hydrogen-bond donors (Lipinski definition) is 3. The number of carbonyl (C=O) groups excluding carboxylic acids is 2. The first-order valence-corrected chi connectivity index (χ1v) is 28.7. The number of aliphatic hydroxyl groups is 2. The molecule has 0 saturated heterocycles. The molecule has 0 aromatic heterocycles. The number of rotatable bonds is 53. The Morgan fingerprint density at radius 3 is 1.22 bits per heavy atom. The molecule has 6 heteroatoms. The van der Waals surface area contributed by atoms with E-state index in [0.717, 1.165) is 89.9 Å². The molecular formula is C59H111NO5. The lowest BCUT2D eigenvalue weighted by molar-refractivity contribution is -0.143. The SMILES string of the molecule is CCCCC/C=C\C/C=C\CCCCCCCC(=O)OCCCC/C=C\CCCCCCC(=O)NC(CO)C(O)CCCCCCCCCCCCCCCCCCCCCCCCC. The van der Waals surface area contributed by atoms with E-state index in [1.54, 1.807) is 0 Å². The van der Waals surface area contributed by atoms with Crippen LogP contribution in [0.2, 0.25) is 0 Å². The third-order valence-electron chi connectivity index (χ3n) is 13.2. The molecular weight excluding hydrogens is 803 g/mol. The first-order chi connectivity index (χ1) is 32.0. The molecule has 2 unspecified atom stereocenters. The molecule has 6 nitrogen and oxygen atoms in total. The molecule has 382 valence electrons. The van der Waals surface area contributed by atoms with Crippen molar-refractivity contribution >= 4 is 11.9 Å². The van der Waals surface area contributed by atoms with E-state index in [9.17, 15) is 19.8 Å². The van der Waals surface area contributed by atoms with Crippen molar-refractivity contribution in [2.24, 2.45) is 0 Å². The van der Waals surface area contributed by atoms with Crippen molar-refractivity contribution in [1.82, 2.24) is 5.32 Å². The van der Waals surface area contributed by atoms with E-state index in [-0.39, 0.29) is 18.5 Å². The summed E-state index contributed by atoms with van der Waals surface area (Å²) in [5.41, 5.74) is 0. The fraction of sp³-hybridized carbons (Fsp3) is 0.864. The van der Waals surface area contributed by atoms with Crippen molar-refractivity contribution < 1.29 is 24.5 Å². The lowest BCUT2D eigenvalue weighted by Gasteiger charge is -2.22. The smallest absolute Gasteiger partial charge is 0.305 e. The second kappa shape index (κ2) is 54.7. The maximum Gasteiger partial charge on any atom is 0.305 e. The second-order valence-electron chi connectivity index (χ2n) is 19.6. The number of carbonyl (C=O) groups is 2. The number of esters is 1. The summed E-state index contributed by atoms with van der Waals surface area (Å²) in [5.74, 6) is -0.120. The van der Waals surface area contributed by atoms with Gasteiger partial charge in [0.25, 0.3) is 0 Å². The molecule has 1 amide bonds. The van der Waals surface area contributed by atoms with Gasteiger partial charge in [0.2, 0.25) is 5.91 Å². The van der Waals surface area contributed by atoms with Crippen LogP contribution >= 0.6 is 0 Å². The van der Waals surface area contributed by atoms with Crippen molar-refractivity contribution in [3.8, 4) is 0 Å². The van der Waals surface area contributed by atoms with Gasteiger partial charge in [-0.05, 0) is 83.5 Å². The maximum absolute atomic E-state index is 12.5. The zero-order chi connectivity index (χ0) is 47.2. The Bertz CT molecular complexity index is 1060. The van der Waals surface area contributed by atoms with Crippen LogP contribution in [0.3, 0.4) is 0 Å². The van der Waals surface area contributed by atoms with Gasteiger partial charge in [-0.3, -0.25) is 9.59 Å². The third-order valence-corrected chi connectivity index (χ3v) is 13.2. The van der Waals surface area contributed by atoms with Gasteiger partial charge in [0.05, 0.1) is 25.4 Å². The largest absolute Gasteiger partial charge is 0.466 e. The van der Waals surface area contributed by atoms with Gasteiger partial charge in [-0.2, -0.15) is 0 Å². The van der Waals surface area contributed by atoms with Crippen molar-refractivity contribution in [3.05, 3.63) is 36.5 Å². The highest BCUT2D eigenvalue weighted by Crippen LogP contribution is 2.17. The van der Waals surface area contributed by atoms with E-state index in [4.69, 9.17) is 4.74 Å². The molecule has 2 atom stereocenters. The van der Waals surface area contributed by atoms with E-state index in [1.165, 1.54) is 180 Å². The molecule has 3 N–H and O–H groups in total. The van der Waals surface area contributed by atoms with Crippen LogP contribution in [0.4, 0.5) is 0 Å². The van der Waals surface area contributed by atoms with Crippen LogP contribution < -0.4 is 5.32 Å². The molecule has 0 saturated carbocycles. The van der Waals surface area contributed by atoms with E-state index in [2.05, 4.69) is 55.6 Å². The minimum atomic E-state index is -0.689. The number of nitrogens with one attached hydrogen (secondary N) is 1. The topological polar surface area (TPSA) is 95.9 Å². The predicted octanol–water partition coefficient (Wildman–Crippen LogP) is 17.6. The molecule has 0 rings (SSSR count). The summed E-state index contributed by atoms with van der Waals surface area (Å²) in [5, 5.41) is 23.3. The lowest BCUT2D eigenvalue weighted by atomic mass is 10.0. The monoisotopic (exact) mass is 914 g/mol. The Labute approximate surface area is 404 Å². The lowest BCUT2D eigenvalue weighted by Crippen LogP contribution is -2.45. The van der Waals surface area contributed by atoms with Gasteiger partial charge in [-0.1, -0.05) is 243 Å². The van der Waals surface area contributed by atoms with Gasteiger partial charge in [-0.15, -0.1) is 0 Å². The number of ether oxygens (including phenoxy) is 1. The summed E-state index contributed by atoms with van der Waals surface area (Å²) in [6.45, 7) is 4.84. The van der Waals surface area contributed by atoms with E-state index < -0.39 is 12.1 Å². The van der Waals surface area contributed by atoms with Gasteiger partial charge in [-0.25, -0.2) is 0 Å². The van der Waals surface area contributed by atoms with Crippen molar-refractivity contribution in [2.45, 2.75) is 315 Å². The van der Waals surface area contributed by atoms with Gasteiger partial charge in [0, 0.05) is 12.8 Å². The van der Waals surface area contributed by atoms with Crippen LogP contribution in [-0.2, 0) is 14.3 Å². The van der Waals surface area contributed by atoms with E-state index in [1.807, 2.05) is 0 Å². The molecule has 0 aliphatic rings. The van der Waals surface area contributed by atoms with Crippen LogP contribution in [0.25, 0.3) is 0 Å². The van der Waals surface area contributed by atoms with Gasteiger partial charge in [0.15, 0.2) is 0 Å². The molecule has 0 bridgehead atoms. The average molecular weight is 915 g/mol. The Kier molecular flexibility index (Phi) is 53.1. The van der Waals surface area contributed by atoms with E-state index in [0.29, 0.717) is 25.9 Å². The van der Waals surface area contributed by atoms with Crippen molar-refractivity contribution in [3.63, 3.8) is 0 Å². The molecule has 0 aromatic rings. The predicted molar refractivity (Wildman–Crippen MR) is 283 cm³/mol. The Balaban J connectivity index is 3.52. The zero-order valence-corrected chi connectivity index (χ0v) is 43.5. The number of aliphatic hydroxyl groups excluding tert-OH is 2. The Morgan fingerprint density at radius 1 is 0.431 bits per heavy atom. The first kappa shape index (κ1) is 63.1. The molecule has 0 fully saturated rings. The molecule has 0 aromatic carbocycles. The summed E-state index contributed by atoms with van der Waals surface area (Å²) in [7, 11) is 0. The zero-order valence-electron chi connectivity index (χ0n) is 43.5. The van der Waals surface area contributed by atoms with E-state index >= 15 is 0 Å². The number of amides is 1. The van der Waals surface area contributed by atoms with Gasteiger partial charge >= 0.3 is 5.97 Å². The summed E-state index contributed by atoms with van der Waals surface area (Å²) < 4.78 is 5.43. The van der Waals surface area contributed by atoms with Crippen LogP contribution in [0.1, 0.15) is 303 Å². The molecule has 0 aliphatic heterocycles. The Hall–Kier alpha value is -1.92. The second-order valence-corrected chi connectivity index (χ2v) is 19.6. The maximum atomic E-state index is 12.5. The fourth-order valence-corrected chi connectivity index (χ4v) is 8.72. The fourth-order valence-electron chi connectivity index (χ4n) is 8.72. The minimum Gasteiger partial charge on any atom is -0.466 e. The highest BCUT2D eigenvalue weighted by molar-refractivity contribution is 5.76. The van der Waals surface area contributed by atoms with Crippen molar-refractivity contribution in [1.29, 1.82) is 0 Å². The highest BCUT2D eigenvalue weighted by atomic mass is 16.5. The normalized spacial score (nSPS) is 12.9. The van der Waals surface area contributed by atoms with Crippen LogP contribution in [0.5, 0.6) is 0 Å². The number of allylic oxidation sites excluding steroid dienone is 6. The molecule has 0 heterocycles. The van der Waals surface area contributed by atoms with Crippen molar-refractivity contribution in [2.75, 3.05) is 13.2 Å². The summed E-state index contributed by atoms with van der Waals surface area (Å²) in [4.78, 5) is 24.5. The van der Waals surface area contributed by atoms with Gasteiger partial charge < -0.3 is 20.3 Å². The van der Waals surface area contributed by atoms with Gasteiger partial charge in [0.1, 0.15) is 0 Å². The third kappa shape index (κ3) is 51.3. The highest BCUT2D eigenvalue weighted by Gasteiger charge is 2.20. The van der Waals surface area contributed by atoms with Crippen LogP contribution in [0, 0.1) is 0 Å². The molecule has 65 heavy (non-hydrogen) atoms. The molecule has 0 spiro atoms. The summed E-state index contributed by atoms with van der Waals surface area (Å²) in [6, 6.07) is -0.569. The quantitative estimate of drug-likeness (QED) is 0.0321. The summed E-state index contributed by atoms with van der Waals surface area (Å²) >= 11 is 0. The van der Waals surface area contributed by atoms with Crippen LogP contribution in [0.15, 0.2) is 36.5 Å². The first-order valence-electron chi connectivity index (χ1n) is 28.7. The summed E-state index contributed by atoms with van der Waals surface area (Å²) in [6.07, 6.45) is 67.1. The standard InChI is InChI=1S/C59H111NO5/c1-3-5-7-9-11-13-15-17-19-20-21-22-23-24-25-26-28-29-31-35-39-43-47-51-57(62)56(55-61)60-58(63)52-48-44-40-36-33-34-38-42-46-50-54-65-59(64)53-49-45-41-37-32-30-27-18-16-14-12-10-8-6-4-2/h12,14,18,27,34,38,56-57,61-62H,3-11,13,15-17,19-26,28-33,35-37,39-55H2,1-2H3,(H,60,63)/b14-12-,27-18-,38-34-. The van der Waals surface area contributed by atoms with Crippen LogP contribution in [-0.4, -0.2) is 47.4 Å². The Morgan fingerprint density at radius 2 is 0.769 bits per heavy atom. The average Bonchev–Trinajstić information content (AvgIpc) is 3.31. The minimum absolute atomic E-state index is 0.0498. The number of hydrogen-bond acceptors (Lipinski definition) is 5. The molecule has 0 aliphatic carbocycles. The number of unbranched alkanes of at least 4 members (excludes halogenated alkanes) is 36.